The summed E-state index contributed by atoms with van der Waals surface area (Å²) in [6.07, 6.45) is 3.81. The van der Waals surface area contributed by atoms with E-state index in [4.69, 9.17) is 4.74 Å². The van der Waals surface area contributed by atoms with Crippen LogP contribution in [0, 0.1) is 0 Å². The summed E-state index contributed by atoms with van der Waals surface area (Å²) in [5.74, 6) is 0. The second-order valence-electron chi connectivity index (χ2n) is 6.44. The Morgan fingerprint density at radius 1 is 0.850 bits per heavy atom. The van der Waals surface area contributed by atoms with E-state index in [0.717, 1.165) is 52.5 Å². The Morgan fingerprint density at radius 2 is 1.55 bits per heavy atom. The third-order valence-corrected chi connectivity index (χ3v) is 5.03. The molecule has 0 aromatic carbocycles. The summed E-state index contributed by atoms with van der Waals surface area (Å²) < 4.78 is 5.38. The number of likely N-dealkylation sites (tertiary alicyclic amines) is 2. The first-order chi connectivity index (χ1) is 9.83. The summed E-state index contributed by atoms with van der Waals surface area (Å²) in [5.41, 5.74) is 0. The molecule has 3 saturated heterocycles. The summed E-state index contributed by atoms with van der Waals surface area (Å²) in [4.78, 5) is 7.44. The largest absolute Gasteiger partial charge is 0.390 e. The van der Waals surface area contributed by atoms with Crippen LogP contribution < -0.4 is 0 Å². The minimum Gasteiger partial charge on any atom is -0.390 e. The Bertz CT molecular complexity index is 291. The molecule has 3 aliphatic heterocycles. The number of nitrogens with zero attached hydrogens (tertiary/aromatic N) is 3. The average Bonchev–Trinajstić information content (AvgIpc) is 2.88. The van der Waals surface area contributed by atoms with Crippen molar-refractivity contribution >= 4 is 0 Å². The molecule has 0 saturated carbocycles. The third kappa shape index (κ3) is 3.71. The third-order valence-electron chi connectivity index (χ3n) is 5.03. The van der Waals surface area contributed by atoms with Gasteiger partial charge >= 0.3 is 0 Å². The van der Waals surface area contributed by atoms with Crippen LogP contribution in [0.15, 0.2) is 0 Å². The number of aliphatic hydroxyl groups is 1. The number of hydrogen-bond donors (Lipinski definition) is 1. The molecule has 5 nitrogen and oxygen atoms in total. The van der Waals surface area contributed by atoms with E-state index in [-0.39, 0.29) is 6.10 Å². The van der Waals surface area contributed by atoms with Crippen LogP contribution >= 0.6 is 0 Å². The molecule has 0 unspecified atom stereocenters. The Kier molecular flexibility index (Phi) is 5.29. The minimum atomic E-state index is -0.155. The fraction of sp³-hybridized carbons (Fsp3) is 1.00. The molecule has 5 heteroatoms. The number of β-amino-alcohol motifs (C(OH)–C–C–N with tert-alkyl or cyclic N) is 1. The molecule has 0 amide bonds. The molecule has 3 aliphatic rings. The number of piperidine rings is 1. The van der Waals surface area contributed by atoms with Crippen LogP contribution in [-0.2, 0) is 4.74 Å². The smallest absolute Gasteiger partial charge is 0.0834 e. The monoisotopic (exact) mass is 283 g/mol. The van der Waals surface area contributed by atoms with Gasteiger partial charge in [-0.3, -0.25) is 14.7 Å². The molecule has 0 aromatic rings. The molecular formula is C15H29N3O2. The van der Waals surface area contributed by atoms with Crippen molar-refractivity contribution in [2.45, 2.75) is 31.4 Å². The highest BCUT2D eigenvalue weighted by atomic mass is 16.5. The second kappa shape index (κ2) is 7.18. The molecule has 3 rings (SSSR count). The molecule has 0 spiro atoms. The van der Waals surface area contributed by atoms with E-state index in [9.17, 15) is 5.11 Å². The number of aliphatic hydroxyl groups excluding tert-OH is 1. The van der Waals surface area contributed by atoms with Gasteiger partial charge in [-0.25, -0.2) is 0 Å². The van der Waals surface area contributed by atoms with Crippen molar-refractivity contribution in [2.75, 3.05) is 65.6 Å². The van der Waals surface area contributed by atoms with Gasteiger partial charge in [0.05, 0.1) is 19.3 Å². The predicted molar refractivity (Wildman–Crippen MR) is 78.9 cm³/mol. The van der Waals surface area contributed by atoms with Crippen molar-refractivity contribution in [2.24, 2.45) is 0 Å². The minimum absolute atomic E-state index is 0.155. The zero-order chi connectivity index (χ0) is 13.8. The highest BCUT2D eigenvalue weighted by Crippen LogP contribution is 2.20. The van der Waals surface area contributed by atoms with E-state index >= 15 is 0 Å². The highest BCUT2D eigenvalue weighted by molar-refractivity contribution is 4.92. The van der Waals surface area contributed by atoms with Gasteiger partial charge < -0.3 is 9.84 Å². The zero-order valence-electron chi connectivity index (χ0n) is 12.5. The van der Waals surface area contributed by atoms with Gasteiger partial charge in [-0.2, -0.15) is 0 Å². The van der Waals surface area contributed by atoms with Crippen molar-refractivity contribution in [3.8, 4) is 0 Å². The van der Waals surface area contributed by atoms with Gasteiger partial charge in [-0.1, -0.05) is 6.42 Å². The fourth-order valence-corrected chi connectivity index (χ4v) is 3.75. The van der Waals surface area contributed by atoms with E-state index in [1.165, 1.54) is 32.4 Å². The number of hydrogen-bond acceptors (Lipinski definition) is 5. The normalized spacial score (nSPS) is 34.6. The maximum atomic E-state index is 10.3. The lowest BCUT2D eigenvalue weighted by atomic mass is 10.1. The maximum Gasteiger partial charge on any atom is 0.0834 e. The van der Waals surface area contributed by atoms with Gasteiger partial charge in [-0.05, 0) is 25.9 Å². The number of rotatable bonds is 4. The van der Waals surface area contributed by atoms with E-state index in [0.29, 0.717) is 6.04 Å². The summed E-state index contributed by atoms with van der Waals surface area (Å²) in [6, 6.07) is 0.375. The maximum absolute atomic E-state index is 10.3. The molecule has 3 heterocycles. The quantitative estimate of drug-likeness (QED) is 0.777. The van der Waals surface area contributed by atoms with Crippen molar-refractivity contribution in [1.82, 2.24) is 14.7 Å². The predicted octanol–water partition coefficient (Wildman–Crippen LogP) is -0.150. The molecular weight excluding hydrogens is 254 g/mol. The molecule has 0 aliphatic carbocycles. The first-order valence-corrected chi connectivity index (χ1v) is 8.27. The second-order valence-corrected chi connectivity index (χ2v) is 6.44. The van der Waals surface area contributed by atoms with Gasteiger partial charge in [0, 0.05) is 45.3 Å². The zero-order valence-corrected chi connectivity index (χ0v) is 12.5. The summed E-state index contributed by atoms with van der Waals surface area (Å²) in [6.45, 7) is 10.3. The van der Waals surface area contributed by atoms with Crippen LogP contribution in [0.1, 0.15) is 19.3 Å². The Labute approximate surface area is 122 Å². The van der Waals surface area contributed by atoms with Crippen molar-refractivity contribution in [1.29, 1.82) is 0 Å². The molecule has 0 bridgehead atoms. The first kappa shape index (κ1) is 14.7. The molecule has 0 radical (unpaired) electrons. The lowest BCUT2D eigenvalue weighted by Crippen LogP contribution is -2.46. The Morgan fingerprint density at radius 3 is 2.30 bits per heavy atom. The topological polar surface area (TPSA) is 39.2 Å². The van der Waals surface area contributed by atoms with Gasteiger partial charge in [0.1, 0.15) is 0 Å². The van der Waals surface area contributed by atoms with Gasteiger partial charge in [0.15, 0.2) is 0 Å². The van der Waals surface area contributed by atoms with E-state index in [1.54, 1.807) is 0 Å². The van der Waals surface area contributed by atoms with Crippen LogP contribution in [0.25, 0.3) is 0 Å². The van der Waals surface area contributed by atoms with E-state index < -0.39 is 0 Å². The van der Waals surface area contributed by atoms with Gasteiger partial charge in [-0.15, -0.1) is 0 Å². The summed E-state index contributed by atoms with van der Waals surface area (Å²) >= 11 is 0. The van der Waals surface area contributed by atoms with Crippen LogP contribution in [-0.4, -0.2) is 97.5 Å². The number of ether oxygens (including phenoxy) is 1. The standard InChI is InChI=1S/C15H29N3O2/c19-15-13-17(7-6-16-8-10-20-11-9-16)12-14(15)18-4-2-1-3-5-18/h14-15,19H,1-13H2/t14-,15-/m0/s1. The molecule has 1 N–H and O–H groups in total. The van der Waals surface area contributed by atoms with E-state index in [2.05, 4.69) is 14.7 Å². The van der Waals surface area contributed by atoms with Crippen LogP contribution in [0.2, 0.25) is 0 Å². The summed E-state index contributed by atoms with van der Waals surface area (Å²) in [7, 11) is 0. The van der Waals surface area contributed by atoms with Gasteiger partial charge in [0.25, 0.3) is 0 Å². The van der Waals surface area contributed by atoms with Gasteiger partial charge in [0.2, 0.25) is 0 Å². The molecule has 0 aromatic heterocycles. The Hall–Kier alpha value is -0.200. The van der Waals surface area contributed by atoms with Crippen LogP contribution in [0.3, 0.4) is 0 Å². The Balaban J connectivity index is 1.42. The summed E-state index contributed by atoms with van der Waals surface area (Å²) in [5, 5.41) is 10.3. The average molecular weight is 283 g/mol. The van der Waals surface area contributed by atoms with Crippen LogP contribution in [0.5, 0.6) is 0 Å². The lowest BCUT2D eigenvalue weighted by molar-refractivity contribution is 0.0338. The SMILES string of the molecule is O[C@H]1CN(CCN2CCOCC2)C[C@@H]1N1CCCCC1. The van der Waals surface area contributed by atoms with Crippen molar-refractivity contribution in [3.63, 3.8) is 0 Å². The van der Waals surface area contributed by atoms with Crippen molar-refractivity contribution in [3.05, 3.63) is 0 Å². The first-order valence-electron chi connectivity index (χ1n) is 8.27. The molecule has 3 fully saturated rings. The molecule has 20 heavy (non-hydrogen) atoms. The van der Waals surface area contributed by atoms with Crippen molar-refractivity contribution < 1.29 is 9.84 Å². The van der Waals surface area contributed by atoms with Crippen LogP contribution in [0.4, 0.5) is 0 Å². The molecule has 116 valence electrons. The fourth-order valence-electron chi connectivity index (χ4n) is 3.75. The number of morpholine rings is 1. The van der Waals surface area contributed by atoms with E-state index in [1.807, 2.05) is 0 Å². The molecule has 2 atom stereocenters. The lowest BCUT2D eigenvalue weighted by Gasteiger charge is -2.33. The highest BCUT2D eigenvalue weighted by Gasteiger charge is 2.35.